The van der Waals surface area contributed by atoms with Crippen LogP contribution >= 0.6 is 0 Å². The molecule has 0 atom stereocenters. The minimum absolute atomic E-state index is 0.155. The highest BCUT2D eigenvalue weighted by molar-refractivity contribution is 7.92. The monoisotopic (exact) mass is 354 g/mol. The van der Waals surface area contributed by atoms with Gasteiger partial charge < -0.3 is 10.2 Å². The number of likely N-dealkylation sites (N-methyl/N-ethyl adjacent to an activating group) is 1. The maximum absolute atomic E-state index is 12.3. The number of anilines is 1. The van der Waals surface area contributed by atoms with Gasteiger partial charge in [-0.25, -0.2) is 8.42 Å². The molecule has 0 bridgehead atoms. The lowest BCUT2D eigenvalue weighted by molar-refractivity contribution is -0.895. The van der Waals surface area contributed by atoms with Crippen molar-refractivity contribution in [3.05, 3.63) is 29.8 Å². The first kappa shape index (κ1) is 18.7. The Hall–Kier alpha value is -1.60. The van der Waals surface area contributed by atoms with Gasteiger partial charge in [0, 0.05) is 12.1 Å². The van der Waals surface area contributed by atoms with E-state index in [2.05, 4.69) is 19.2 Å². The van der Waals surface area contributed by atoms with Crippen molar-refractivity contribution in [2.75, 3.05) is 42.8 Å². The van der Waals surface area contributed by atoms with Crippen LogP contribution in [0, 0.1) is 0 Å². The molecular weight excluding hydrogens is 326 g/mol. The second-order valence-corrected chi connectivity index (χ2v) is 8.12. The number of carbonyl (C=O) groups excluding carboxylic acids is 1. The van der Waals surface area contributed by atoms with Gasteiger partial charge >= 0.3 is 0 Å². The van der Waals surface area contributed by atoms with Crippen LogP contribution in [0.1, 0.15) is 37.0 Å². The summed E-state index contributed by atoms with van der Waals surface area (Å²) in [5, 5.41) is 2.92. The Kier molecular flexibility index (Phi) is 6.62. The molecule has 1 aliphatic heterocycles. The smallest absolute Gasteiger partial charge is 0.251 e. The Morgan fingerprint density at radius 2 is 2.00 bits per heavy atom. The maximum Gasteiger partial charge on any atom is 0.251 e. The van der Waals surface area contributed by atoms with Gasteiger partial charge in [-0.1, -0.05) is 6.07 Å². The third-order valence-electron chi connectivity index (χ3n) is 4.51. The lowest BCUT2D eigenvalue weighted by Gasteiger charge is -2.28. The number of hydrogen-bond donors (Lipinski definition) is 2. The first-order valence-electron chi connectivity index (χ1n) is 8.70. The lowest BCUT2D eigenvalue weighted by Crippen LogP contribution is -3.12. The van der Waals surface area contributed by atoms with Crippen molar-refractivity contribution < 1.29 is 18.1 Å². The second-order valence-electron chi connectivity index (χ2n) is 6.11. The number of nitrogens with zero attached hydrogens (tertiary/aromatic N) is 1. The molecule has 6 nitrogen and oxygen atoms in total. The van der Waals surface area contributed by atoms with E-state index in [1.807, 2.05) is 0 Å². The van der Waals surface area contributed by atoms with Crippen molar-refractivity contribution in [2.24, 2.45) is 0 Å². The van der Waals surface area contributed by atoms with Crippen molar-refractivity contribution in [1.82, 2.24) is 5.32 Å². The number of quaternary nitrogens is 1. The first-order chi connectivity index (χ1) is 11.5. The summed E-state index contributed by atoms with van der Waals surface area (Å²) in [5.41, 5.74) is 1.08. The fourth-order valence-electron chi connectivity index (χ4n) is 2.94. The summed E-state index contributed by atoms with van der Waals surface area (Å²) in [6, 6.07) is 6.88. The second kappa shape index (κ2) is 8.48. The van der Waals surface area contributed by atoms with E-state index in [9.17, 15) is 13.2 Å². The van der Waals surface area contributed by atoms with E-state index in [0.29, 0.717) is 30.8 Å². The molecule has 1 fully saturated rings. The highest BCUT2D eigenvalue weighted by Gasteiger charge is 2.26. The van der Waals surface area contributed by atoms with Gasteiger partial charge in [0.1, 0.15) is 0 Å². The summed E-state index contributed by atoms with van der Waals surface area (Å²) < 4.78 is 25.8. The van der Waals surface area contributed by atoms with E-state index in [0.717, 1.165) is 26.1 Å². The van der Waals surface area contributed by atoms with E-state index in [1.54, 1.807) is 24.3 Å². The SMILES string of the molecule is CC[NH+](CC)CCNC(=O)c1cccc(N2CCCCS2(=O)=O)c1. The van der Waals surface area contributed by atoms with E-state index < -0.39 is 10.0 Å². The largest absolute Gasteiger partial charge is 0.346 e. The molecule has 0 saturated carbocycles. The fourth-order valence-corrected chi connectivity index (χ4v) is 4.57. The molecule has 7 heteroatoms. The number of hydrogen-bond acceptors (Lipinski definition) is 3. The van der Waals surface area contributed by atoms with Crippen LogP contribution in [0.5, 0.6) is 0 Å². The minimum atomic E-state index is -3.26. The van der Waals surface area contributed by atoms with Crippen molar-refractivity contribution in [1.29, 1.82) is 0 Å². The number of nitrogens with one attached hydrogen (secondary N) is 2. The average Bonchev–Trinajstić information content (AvgIpc) is 2.58. The third-order valence-corrected chi connectivity index (χ3v) is 6.38. The van der Waals surface area contributed by atoms with Crippen molar-refractivity contribution in [3.8, 4) is 0 Å². The van der Waals surface area contributed by atoms with Gasteiger partial charge in [-0.3, -0.25) is 9.10 Å². The topological polar surface area (TPSA) is 70.9 Å². The number of carbonyl (C=O) groups is 1. The number of sulfonamides is 1. The summed E-state index contributed by atoms with van der Waals surface area (Å²) in [6.45, 7) is 8.31. The lowest BCUT2D eigenvalue weighted by atomic mass is 10.2. The molecule has 24 heavy (non-hydrogen) atoms. The zero-order valence-corrected chi connectivity index (χ0v) is 15.4. The molecule has 0 aliphatic carbocycles. The van der Waals surface area contributed by atoms with E-state index in [1.165, 1.54) is 9.21 Å². The van der Waals surface area contributed by atoms with Gasteiger partial charge in [0.2, 0.25) is 10.0 Å². The molecule has 1 saturated heterocycles. The molecule has 0 spiro atoms. The molecule has 1 heterocycles. The van der Waals surface area contributed by atoms with Gasteiger partial charge in [0.15, 0.2) is 0 Å². The van der Waals surface area contributed by atoms with Crippen LogP contribution in [0.4, 0.5) is 5.69 Å². The minimum Gasteiger partial charge on any atom is -0.346 e. The molecule has 2 N–H and O–H groups in total. The summed E-state index contributed by atoms with van der Waals surface area (Å²) >= 11 is 0. The maximum atomic E-state index is 12.3. The predicted octanol–water partition coefficient (Wildman–Crippen LogP) is 0.271. The molecule has 0 unspecified atom stereocenters. The molecule has 0 radical (unpaired) electrons. The third kappa shape index (κ3) is 4.70. The van der Waals surface area contributed by atoms with Gasteiger partial charge in [0.05, 0.1) is 37.6 Å². The Balaban J connectivity index is 2.03. The van der Waals surface area contributed by atoms with Crippen LogP contribution in [0.2, 0.25) is 0 Å². The Morgan fingerprint density at radius 1 is 1.25 bits per heavy atom. The normalized spacial score (nSPS) is 17.0. The Labute approximate surface area is 144 Å². The number of amides is 1. The van der Waals surface area contributed by atoms with E-state index in [-0.39, 0.29) is 11.7 Å². The Morgan fingerprint density at radius 3 is 2.67 bits per heavy atom. The van der Waals surface area contributed by atoms with Crippen molar-refractivity contribution in [2.45, 2.75) is 26.7 Å². The van der Waals surface area contributed by atoms with Gasteiger partial charge in [-0.05, 0) is 44.9 Å². The van der Waals surface area contributed by atoms with Crippen LogP contribution in [-0.4, -0.2) is 52.8 Å². The summed E-state index contributed by atoms with van der Waals surface area (Å²) in [6.07, 6.45) is 1.55. The van der Waals surface area contributed by atoms with E-state index >= 15 is 0 Å². The summed E-state index contributed by atoms with van der Waals surface area (Å²) in [5.74, 6) is 0.0219. The van der Waals surface area contributed by atoms with Gasteiger partial charge in [-0.15, -0.1) is 0 Å². The van der Waals surface area contributed by atoms with Crippen LogP contribution in [0.25, 0.3) is 0 Å². The summed E-state index contributed by atoms with van der Waals surface area (Å²) in [7, 11) is -3.26. The fraction of sp³-hybridized carbons (Fsp3) is 0.588. The molecule has 134 valence electrons. The number of rotatable bonds is 7. The molecule has 2 rings (SSSR count). The van der Waals surface area contributed by atoms with Crippen LogP contribution in [-0.2, 0) is 10.0 Å². The van der Waals surface area contributed by atoms with Crippen LogP contribution in [0.15, 0.2) is 24.3 Å². The zero-order chi connectivity index (χ0) is 17.6. The van der Waals surface area contributed by atoms with E-state index in [4.69, 9.17) is 0 Å². The average molecular weight is 354 g/mol. The van der Waals surface area contributed by atoms with Crippen LogP contribution in [0.3, 0.4) is 0 Å². The van der Waals surface area contributed by atoms with Gasteiger partial charge in [0.25, 0.3) is 5.91 Å². The molecule has 1 aromatic carbocycles. The number of benzene rings is 1. The molecule has 1 aliphatic rings. The van der Waals surface area contributed by atoms with Crippen molar-refractivity contribution >= 4 is 21.6 Å². The highest BCUT2D eigenvalue weighted by atomic mass is 32.2. The molecule has 0 aromatic heterocycles. The van der Waals surface area contributed by atoms with Gasteiger partial charge in [-0.2, -0.15) is 0 Å². The molecule has 1 amide bonds. The molecule has 1 aromatic rings. The molecular formula is C17H28N3O3S+. The predicted molar refractivity (Wildman–Crippen MR) is 96.1 cm³/mol. The standard InChI is InChI=1S/C17H27N3O3S/c1-3-19(4-2)12-10-18-17(21)15-8-7-9-16(14-15)20-11-5-6-13-24(20,22)23/h7-9,14H,3-6,10-13H2,1-2H3,(H,18,21)/p+1. The van der Waals surface area contributed by atoms with Crippen molar-refractivity contribution in [3.63, 3.8) is 0 Å². The van der Waals surface area contributed by atoms with Crippen LogP contribution < -0.4 is 14.5 Å². The highest BCUT2D eigenvalue weighted by Crippen LogP contribution is 2.24. The Bertz CT molecular complexity index is 657. The first-order valence-corrected chi connectivity index (χ1v) is 10.3. The quantitative estimate of drug-likeness (QED) is 0.738. The summed E-state index contributed by atoms with van der Waals surface area (Å²) in [4.78, 5) is 13.7. The zero-order valence-electron chi connectivity index (χ0n) is 14.5.